The summed E-state index contributed by atoms with van der Waals surface area (Å²) >= 11 is 0. The van der Waals surface area contributed by atoms with Gasteiger partial charge in [0.25, 0.3) is 0 Å². The highest BCUT2D eigenvalue weighted by molar-refractivity contribution is 4.81. The third-order valence-corrected chi connectivity index (χ3v) is 4.12. The second kappa shape index (κ2) is 5.86. The molecule has 0 bridgehead atoms. The van der Waals surface area contributed by atoms with Gasteiger partial charge in [-0.15, -0.1) is 0 Å². The van der Waals surface area contributed by atoms with E-state index in [1.165, 1.54) is 51.4 Å². The van der Waals surface area contributed by atoms with Gasteiger partial charge in [-0.1, -0.05) is 32.1 Å². The van der Waals surface area contributed by atoms with Crippen LogP contribution < -0.4 is 5.32 Å². The van der Waals surface area contributed by atoms with Crippen LogP contribution in [0, 0.1) is 5.92 Å². The lowest BCUT2D eigenvalue weighted by molar-refractivity contribution is 0.0876. The average Bonchev–Trinajstić information content (AvgIpc) is 2.29. The molecule has 0 spiro atoms. The first-order chi connectivity index (χ1) is 7.36. The second-order valence-electron chi connectivity index (χ2n) is 5.37. The Morgan fingerprint density at radius 2 is 1.53 bits per heavy atom. The molecular weight excluding hydrogens is 186 g/mol. The Kier molecular flexibility index (Phi) is 4.45. The zero-order valence-corrected chi connectivity index (χ0v) is 9.75. The molecule has 88 valence electrons. The van der Waals surface area contributed by atoms with Crippen molar-refractivity contribution in [3.05, 3.63) is 0 Å². The van der Waals surface area contributed by atoms with Gasteiger partial charge in [-0.05, 0) is 38.1 Å². The van der Waals surface area contributed by atoms with Crippen LogP contribution in [0.1, 0.15) is 57.8 Å². The summed E-state index contributed by atoms with van der Waals surface area (Å²) in [4.78, 5) is 0. The number of aliphatic hydroxyl groups excluding tert-OH is 1. The Balaban J connectivity index is 1.67. The Morgan fingerprint density at radius 3 is 2.27 bits per heavy atom. The first kappa shape index (κ1) is 11.4. The van der Waals surface area contributed by atoms with Crippen LogP contribution in [0.5, 0.6) is 0 Å². The van der Waals surface area contributed by atoms with Crippen molar-refractivity contribution in [1.29, 1.82) is 0 Å². The highest BCUT2D eigenvalue weighted by Gasteiger charge is 2.23. The summed E-state index contributed by atoms with van der Waals surface area (Å²) < 4.78 is 0. The lowest BCUT2D eigenvalue weighted by Gasteiger charge is -2.31. The van der Waals surface area contributed by atoms with E-state index in [0.29, 0.717) is 6.04 Å². The van der Waals surface area contributed by atoms with E-state index in [0.717, 1.165) is 18.9 Å². The maximum atomic E-state index is 9.84. The molecule has 2 N–H and O–H groups in total. The lowest BCUT2D eigenvalue weighted by atomic mass is 9.88. The van der Waals surface area contributed by atoms with Gasteiger partial charge in [0, 0.05) is 6.04 Å². The van der Waals surface area contributed by atoms with E-state index in [9.17, 15) is 5.11 Å². The molecule has 2 unspecified atom stereocenters. The summed E-state index contributed by atoms with van der Waals surface area (Å²) in [5.41, 5.74) is 0. The zero-order chi connectivity index (χ0) is 10.5. The molecule has 0 aromatic heterocycles. The first-order valence-electron chi connectivity index (χ1n) is 6.78. The van der Waals surface area contributed by atoms with Crippen molar-refractivity contribution in [1.82, 2.24) is 5.32 Å². The van der Waals surface area contributed by atoms with Gasteiger partial charge < -0.3 is 10.4 Å². The minimum absolute atomic E-state index is 0.0812. The second-order valence-corrected chi connectivity index (χ2v) is 5.37. The number of hydrogen-bond acceptors (Lipinski definition) is 2. The van der Waals surface area contributed by atoms with Gasteiger partial charge in [-0.25, -0.2) is 0 Å². The van der Waals surface area contributed by atoms with Crippen molar-refractivity contribution >= 4 is 0 Å². The largest absolute Gasteiger partial charge is 0.392 e. The standard InChI is InChI=1S/C13H25NO/c15-13-9-5-4-8-12(13)14-10-11-6-2-1-3-7-11/h11-15H,1-10H2. The third kappa shape index (κ3) is 3.46. The van der Waals surface area contributed by atoms with Crippen molar-refractivity contribution in [3.63, 3.8) is 0 Å². The molecule has 0 amide bonds. The summed E-state index contributed by atoms with van der Waals surface area (Å²) in [5, 5.41) is 13.4. The summed E-state index contributed by atoms with van der Waals surface area (Å²) in [6, 6.07) is 0.390. The molecule has 0 aromatic rings. The van der Waals surface area contributed by atoms with Crippen LogP contribution in [0.3, 0.4) is 0 Å². The fourth-order valence-electron chi connectivity index (χ4n) is 3.06. The highest BCUT2D eigenvalue weighted by Crippen LogP contribution is 2.24. The normalized spacial score (nSPS) is 34.2. The Morgan fingerprint density at radius 1 is 0.867 bits per heavy atom. The number of hydrogen-bond donors (Lipinski definition) is 2. The Hall–Kier alpha value is -0.0800. The third-order valence-electron chi connectivity index (χ3n) is 4.12. The highest BCUT2D eigenvalue weighted by atomic mass is 16.3. The molecular formula is C13H25NO. The molecule has 2 fully saturated rings. The maximum Gasteiger partial charge on any atom is 0.0693 e. The van der Waals surface area contributed by atoms with Crippen LogP contribution in [0.15, 0.2) is 0 Å². The fourth-order valence-corrected chi connectivity index (χ4v) is 3.06. The van der Waals surface area contributed by atoms with Crippen LogP contribution in [-0.4, -0.2) is 23.8 Å². The van der Waals surface area contributed by atoms with E-state index in [2.05, 4.69) is 5.32 Å². The van der Waals surface area contributed by atoms with Gasteiger partial charge in [0.15, 0.2) is 0 Å². The molecule has 2 aliphatic rings. The van der Waals surface area contributed by atoms with Crippen molar-refractivity contribution in [2.75, 3.05) is 6.54 Å². The number of rotatable bonds is 3. The summed E-state index contributed by atoms with van der Waals surface area (Å²) in [6.07, 6.45) is 11.7. The molecule has 2 heteroatoms. The smallest absolute Gasteiger partial charge is 0.0693 e. The van der Waals surface area contributed by atoms with Gasteiger partial charge in [0.1, 0.15) is 0 Å². The SMILES string of the molecule is OC1CCCCC1NCC1CCCCC1. The fraction of sp³-hybridized carbons (Fsp3) is 1.00. The molecule has 2 nitrogen and oxygen atoms in total. The molecule has 15 heavy (non-hydrogen) atoms. The van der Waals surface area contributed by atoms with Crippen LogP contribution >= 0.6 is 0 Å². The zero-order valence-electron chi connectivity index (χ0n) is 9.75. The summed E-state index contributed by atoms with van der Waals surface area (Å²) in [5.74, 6) is 0.882. The molecule has 0 heterocycles. The minimum Gasteiger partial charge on any atom is -0.392 e. The van der Waals surface area contributed by atoms with E-state index in [1.807, 2.05) is 0 Å². The van der Waals surface area contributed by atoms with E-state index in [-0.39, 0.29) is 6.10 Å². The van der Waals surface area contributed by atoms with Crippen molar-refractivity contribution in [3.8, 4) is 0 Å². The van der Waals surface area contributed by atoms with Crippen LogP contribution in [0.4, 0.5) is 0 Å². The molecule has 2 saturated carbocycles. The monoisotopic (exact) mass is 211 g/mol. The predicted molar refractivity (Wildman–Crippen MR) is 62.8 cm³/mol. The first-order valence-corrected chi connectivity index (χ1v) is 6.78. The minimum atomic E-state index is -0.0812. The Bertz CT molecular complexity index is 177. The molecule has 2 rings (SSSR count). The summed E-state index contributed by atoms with van der Waals surface area (Å²) in [7, 11) is 0. The van der Waals surface area contributed by atoms with Gasteiger partial charge in [-0.3, -0.25) is 0 Å². The van der Waals surface area contributed by atoms with E-state index < -0.39 is 0 Å². The van der Waals surface area contributed by atoms with Gasteiger partial charge in [0.05, 0.1) is 6.10 Å². The molecule has 0 radical (unpaired) electrons. The van der Waals surface area contributed by atoms with E-state index in [4.69, 9.17) is 0 Å². The van der Waals surface area contributed by atoms with Crippen molar-refractivity contribution < 1.29 is 5.11 Å². The van der Waals surface area contributed by atoms with Crippen LogP contribution in [0.2, 0.25) is 0 Å². The van der Waals surface area contributed by atoms with E-state index >= 15 is 0 Å². The molecule has 2 atom stereocenters. The topological polar surface area (TPSA) is 32.3 Å². The van der Waals surface area contributed by atoms with Crippen LogP contribution in [0.25, 0.3) is 0 Å². The van der Waals surface area contributed by atoms with Crippen molar-refractivity contribution in [2.45, 2.75) is 69.9 Å². The molecule has 2 aliphatic carbocycles. The number of nitrogens with one attached hydrogen (secondary N) is 1. The van der Waals surface area contributed by atoms with Gasteiger partial charge >= 0.3 is 0 Å². The van der Waals surface area contributed by atoms with E-state index in [1.54, 1.807) is 0 Å². The van der Waals surface area contributed by atoms with Gasteiger partial charge in [-0.2, -0.15) is 0 Å². The number of aliphatic hydroxyl groups is 1. The lowest BCUT2D eigenvalue weighted by Crippen LogP contribution is -2.44. The molecule has 0 aliphatic heterocycles. The average molecular weight is 211 g/mol. The summed E-state index contributed by atoms with van der Waals surface area (Å²) in [6.45, 7) is 1.14. The molecule has 0 saturated heterocycles. The van der Waals surface area contributed by atoms with Crippen molar-refractivity contribution in [2.24, 2.45) is 5.92 Å². The van der Waals surface area contributed by atoms with Gasteiger partial charge in [0.2, 0.25) is 0 Å². The Labute approximate surface area is 93.5 Å². The van der Waals surface area contributed by atoms with Crippen LogP contribution in [-0.2, 0) is 0 Å². The quantitative estimate of drug-likeness (QED) is 0.751. The molecule has 0 aromatic carbocycles. The predicted octanol–water partition coefficient (Wildman–Crippen LogP) is 2.46. The maximum absolute atomic E-state index is 9.84.